The van der Waals surface area contributed by atoms with Crippen molar-refractivity contribution in [1.29, 1.82) is 0 Å². The average molecular weight is 438 g/mol. The van der Waals surface area contributed by atoms with Gasteiger partial charge in [0.15, 0.2) is 5.78 Å². The standard InChI is InChI=1S/C26H31NO3S/c1-17-12-20(13-18(2)26(17)30-16-22(28)15-27-4)10-11-24(29)25-14-23(19(3)31-25)21-8-6-5-7-9-21/h5-9,12-14,22,27-28H,10-11,15-16H2,1-4H3. The molecule has 2 N–H and O–H groups in total. The zero-order chi connectivity index (χ0) is 22.4. The normalized spacial score (nSPS) is 12.0. The van der Waals surface area contributed by atoms with Crippen LogP contribution >= 0.6 is 11.3 Å². The van der Waals surface area contributed by atoms with Gasteiger partial charge in [0, 0.05) is 17.8 Å². The minimum absolute atomic E-state index is 0.182. The molecule has 0 aliphatic rings. The van der Waals surface area contributed by atoms with Crippen molar-refractivity contribution >= 4 is 17.1 Å². The molecule has 164 valence electrons. The van der Waals surface area contributed by atoms with Crippen molar-refractivity contribution in [2.75, 3.05) is 20.2 Å². The van der Waals surface area contributed by atoms with Gasteiger partial charge in [0.05, 0.1) is 4.88 Å². The summed E-state index contributed by atoms with van der Waals surface area (Å²) in [4.78, 5) is 14.8. The third kappa shape index (κ3) is 6.03. The van der Waals surface area contributed by atoms with Gasteiger partial charge in [-0.15, -0.1) is 11.3 Å². The number of likely N-dealkylation sites (N-methyl/N-ethyl adjacent to an activating group) is 1. The second-order valence-electron chi connectivity index (χ2n) is 7.95. The van der Waals surface area contributed by atoms with Crippen LogP contribution < -0.4 is 10.1 Å². The molecule has 3 aromatic rings. The summed E-state index contributed by atoms with van der Waals surface area (Å²) in [6, 6.07) is 16.4. The molecule has 1 aromatic heterocycles. The van der Waals surface area contributed by atoms with Gasteiger partial charge in [-0.3, -0.25) is 4.79 Å². The number of aryl methyl sites for hydroxylation is 4. The highest BCUT2D eigenvalue weighted by Crippen LogP contribution is 2.32. The van der Waals surface area contributed by atoms with Crippen LogP contribution in [0.15, 0.2) is 48.5 Å². The summed E-state index contributed by atoms with van der Waals surface area (Å²) in [7, 11) is 1.80. The van der Waals surface area contributed by atoms with Crippen molar-refractivity contribution in [3.05, 3.63) is 75.0 Å². The van der Waals surface area contributed by atoms with Gasteiger partial charge in [-0.1, -0.05) is 42.5 Å². The number of carbonyl (C=O) groups excluding carboxylic acids is 1. The third-order valence-electron chi connectivity index (χ3n) is 5.30. The molecule has 1 atom stereocenters. The van der Waals surface area contributed by atoms with Gasteiger partial charge in [0.1, 0.15) is 18.5 Å². The summed E-state index contributed by atoms with van der Waals surface area (Å²) in [6.07, 6.45) is 0.630. The lowest BCUT2D eigenvalue weighted by atomic mass is 10.0. The molecule has 31 heavy (non-hydrogen) atoms. The molecule has 0 saturated carbocycles. The largest absolute Gasteiger partial charge is 0.490 e. The summed E-state index contributed by atoms with van der Waals surface area (Å²) in [5, 5.41) is 12.8. The number of ether oxygens (including phenoxy) is 1. The van der Waals surface area contributed by atoms with Gasteiger partial charge < -0.3 is 15.2 Å². The first kappa shape index (κ1) is 23.2. The van der Waals surface area contributed by atoms with Crippen LogP contribution in [0, 0.1) is 20.8 Å². The van der Waals surface area contributed by atoms with Crippen molar-refractivity contribution in [2.24, 2.45) is 0 Å². The number of carbonyl (C=O) groups is 1. The summed E-state index contributed by atoms with van der Waals surface area (Å²) < 4.78 is 5.83. The van der Waals surface area contributed by atoms with E-state index in [0.717, 1.165) is 38.4 Å². The number of nitrogens with one attached hydrogen (secondary N) is 1. The van der Waals surface area contributed by atoms with Crippen LogP contribution in [0.4, 0.5) is 0 Å². The van der Waals surface area contributed by atoms with E-state index in [1.165, 1.54) is 4.88 Å². The minimum atomic E-state index is -0.545. The van der Waals surface area contributed by atoms with Crippen LogP contribution in [0.3, 0.4) is 0 Å². The first-order valence-electron chi connectivity index (χ1n) is 10.6. The lowest BCUT2D eigenvalue weighted by Crippen LogP contribution is -2.29. The van der Waals surface area contributed by atoms with Crippen molar-refractivity contribution < 1.29 is 14.6 Å². The molecule has 0 saturated heterocycles. The topological polar surface area (TPSA) is 58.6 Å². The zero-order valence-corrected chi connectivity index (χ0v) is 19.5. The van der Waals surface area contributed by atoms with E-state index < -0.39 is 6.10 Å². The van der Waals surface area contributed by atoms with E-state index in [2.05, 4.69) is 36.5 Å². The molecule has 0 amide bonds. The van der Waals surface area contributed by atoms with Gasteiger partial charge in [-0.25, -0.2) is 0 Å². The highest BCUT2D eigenvalue weighted by atomic mass is 32.1. The Bertz CT molecular complexity index is 1000. The van der Waals surface area contributed by atoms with E-state index in [1.807, 2.05) is 38.1 Å². The van der Waals surface area contributed by atoms with Crippen molar-refractivity contribution in [2.45, 2.75) is 39.7 Å². The maximum Gasteiger partial charge on any atom is 0.173 e. The Morgan fingerprint density at radius 2 is 1.77 bits per heavy atom. The fourth-order valence-electron chi connectivity index (χ4n) is 3.79. The quantitative estimate of drug-likeness (QED) is 0.433. The molecule has 0 aliphatic heterocycles. The number of hydrogen-bond donors (Lipinski definition) is 2. The fraction of sp³-hybridized carbons (Fsp3) is 0.346. The highest BCUT2D eigenvalue weighted by molar-refractivity contribution is 7.14. The SMILES string of the molecule is CNCC(O)COc1c(C)cc(CCC(=O)c2cc(-c3ccccc3)c(C)s2)cc1C. The Hall–Kier alpha value is -2.47. The number of rotatable bonds is 10. The lowest BCUT2D eigenvalue weighted by Gasteiger charge is -2.16. The third-order valence-corrected chi connectivity index (χ3v) is 6.39. The van der Waals surface area contributed by atoms with E-state index in [-0.39, 0.29) is 12.4 Å². The highest BCUT2D eigenvalue weighted by Gasteiger charge is 2.15. The molecule has 0 radical (unpaired) electrons. The predicted molar refractivity (Wildman–Crippen MR) is 128 cm³/mol. The van der Waals surface area contributed by atoms with Crippen molar-refractivity contribution in [1.82, 2.24) is 5.32 Å². The van der Waals surface area contributed by atoms with Gasteiger partial charge in [-0.05, 0) is 68.1 Å². The number of thiophene rings is 1. The second-order valence-corrected chi connectivity index (χ2v) is 9.21. The average Bonchev–Trinajstić information content (AvgIpc) is 3.14. The Morgan fingerprint density at radius 3 is 2.42 bits per heavy atom. The minimum Gasteiger partial charge on any atom is -0.490 e. The van der Waals surface area contributed by atoms with Crippen molar-refractivity contribution in [3.63, 3.8) is 0 Å². The first-order valence-corrected chi connectivity index (χ1v) is 11.4. The summed E-state index contributed by atoms with van der Waals surface area (Å²) in [6.45, 7) is 6.83. The van der Waals surface area contributed by atoms with E-state index in [0.29, 0.717) is 19.4 Å². The van der Waals surface area contributed by atoms with Crippen LogP contribution in [-0.2, 0) is 6.42 Å². The molecule has 0 bridgehead atoms. The van der Waals surface area contributed by atoms with Gasteiger partial charge in [0.25, 0.3) is 0 Å². The van der Waals surface area contributed by atoms with E-state index >= 15 is 0 Å². The monoisotopic (exact) mass is 437 g/mol. The van der Waals surface area contributed by atoms with Crippen LogP contribution in [0.2, 0.25) is 0 Å². The fourth-order valence-corrected chi connectivity index (χ4v) is 4.80. The Balaban J connectivity index is 1.64. The lowest BCUT2D eigenvalue weighted by molar-refractivity contribution is 0.0986. The molecule has 0 fully saturated rings. The van der Waals surface area contributed by atoms with Crippen LogP contribution in [0.5, 0.6) is 5.75 Å². The first-order chi connectivity index (χ1) is 14.9. The maximum atomic E-state index is 12.8. The predicted octanol–water partition coefficient (Wildman–Crippen LogP) is 5.11. The molecular weight excluding hydrogens is 406 g/mol. The van der Waals surface area contributed by atoms with Crippen LogP contribution in [0.25, 0.3) is 11.1 Å². The Labute approximate surface area is 188 Å². The Kier molecular flexibility index (Phi) is 8.02. The van der Waals surface area contributed by atoms with E-state index in [1.54, 1.807) is 18.4 Å². The van der Waals surface area contributed by atoms with Crippen LogP contribution in [-0.4, -0.2) is 37.2 Å². The second kappa shape index (κ2) is 10.7. The summed E-state index contributed by atoms with van der Waals surface area (Å²) in [5.41, 5.74) is 5.47. The summed E-state index contributed by atoms with van der Waals surface area (Å²) in [5.74, 6) is 0.993. The van der Waals surface area contributed by atoms with E-state index in [9.17, 15) is 9.90 Å². The molecule has 1 unspecified atom stereocenters. The summed E-state index contributed by atoms with van der Waals surface area (Å²) >= 11 is 1.58. The molecule has 0 aliphatic carbocycles. The molecular formula is C26H31NO3S. The van der Waals surface area contributed by atoms with E-state index in [4.69, 9.17) is 4.74 Å². The van der Waals surface area contributed by atoms with Gasteiger partial charge in [-0.2, -0.15) is 0 Å². The smallest absolute Gasteiger partial charge is 0.173 e. The molecule has 4 nitrogen and oxygen atoms in total. The number of benzene rings is 2. The number of hydrogen-bond acceptors (Lipinski definition) is 5. The van der Waals surface area contributed by atoms with Gasteiger partial charge in [0.2, 0.25) is 0 Å². The molecule has 3 rings (SSSR count). The number of aliphatic hydroxyl groups excluding tert-OH is 1. The van der Waals surface area contributed by atoms with Crippen molar-refractivity contribution in [3.8, 4) is 16.9 Å². The molecule has 2 aromatic carbocycles. The Morgan fingerprint density at radius 1 is 1.10 bits per heavy atom. The van der Waals surface area contributed by atoms with Crippen LogP contribution in [0.1, 0.15) is 37.7 Å². The molecule has 5 heteroatoms. The number of Topliss-reactive ketones (excluding diaryl/α,β-unsaturated/α-hetero) is 1. The molecule has 0 spiro atoms. The molecule has 1 heterocycles. The number of aliphatic hydroxyl groups is 1. The zero-order valence-electron chi connectivity index (χ0n) is 18.7. The maximum absolute atomic E-state index is 12.8. The van der Waals surface area contributed by atoms with Gasteiger partial charge >= 0.3 is 0 Å². The number of ketones is 1.